The lowest BCUT2D eigenvalue weighted by atomic mass is 10.1. The Morgan fingerprint density at radius 1 is 1.22 bits per heavy atom. The van der Waals surface area contributed by atoms with Gasteiger partial charge in [-0.3, -0.25) is 9.69 Å². The predicted octanol–water partition coefficient (Wildman–Crippen LogP) is 2.08. The summed E-state index contributed by atoms with van der Waals surface area (Å²) in [5.74, 6) is -0.350. The second kappa shape index (κ2) is 8.79. The molecule has 0 aromatic heterocycles. The van der Waals surface area contributed by atoms with Gasteiger partial charge in [0.05, 0.1) is 12.2 Å². The molecule has 0 atom stereocenters. The lowest BCUT2D eigenvalue weighted by Gasteiger charge is -2.34. The third-order valence-electron chi connectivity index (χ3n) is 3.75. The van der Waals surface area contributed by atoms with Crippen molar-refractivity contribution in [3.63, 3.8) is 0 Å². The van der Waals surface area contributed by atoms with E-state index in [-0.39, 0.29) is 17.2 Å². The van der Waals surface area contributed by atoms with Gasteiger partial charge in [-0.05, 0) is 19.1 Å². The average Bonchev–Trinajstić information content (AvgIpc) is 2.55. The monoisotopic (exact) mass is 328 g/mol. The molecule has 23 heavy (non-hydrogen) atoms. The number of piperazine rings is 1. The summed E-state index contributed by atoms with van der Waals surface area (Å²) in [6.07, 6.45) is 0. The van der Waals surface area contributed by atoms with Crippen molar-refractivity contribution in [3.8, 4) is 5.75 Å². The summed E-state index contributed by atoms with van der Waals surface area (Å²) in [5, 5.41) is 0. The molecule has 0 bridgehead atoms. The molecule has 0 saturated carbocycles. The highest BCUT2D eigenvalue weighted by atomic mass is 19.3. The lowest BCUT2D eigenvalue weighted by molar-refractivity contribution is -0.0503. The van der Waals surface area contributed by atoms with Crippen molar-refractivity contribution < 1.29 is 23.0 Å². The molecule has 5 nitrogen and oxygen atoms in total. The van der Waals surface area contributed by atoms with Crippen LogP contribution in [0.4, 0.5) is 8.78 Å². The van der Waals surface area contributed by atoms with Crippen molar-refractivity contribution in [3.05, 3.63) is 29.8 Å². The highest BCUT2D eigenvalue weighted by molar-refractivity contribution is 5.97. The summed E-state index contributed by atoms with van der Waals surface area (Å²) in [6, 6.07) is 6.11. The highest BCUT2D eigenvalue weighted by Gasteiger charge is 2.24. The van der Waals surface area contributed by atoms with Gasteiger partial charge in [0.1, 0.15) is 5.75 Å². The van der Waals surface area contributed by atoms with Gasteiger partial charge < -0.3 is 14.4 Å². The van der Waals surface area contributed by atoms with Crippen LogP contribution in [0.5, 0.6) is 5.75 Å². The maximum Gasteiger partial charge on any atom is 0.387 e. The van der Waals surface area contributed by atoms with Gasteiger partial charge in [-0.25, -0.2) is 0 Å². The Morgan fingerprint density at radius 3 is 2.57 bits per heavy atom. The molecule has 0 radical (unpaired) electrons. The van der Waals surface area contributed by atoms with Crippen molar-refractivity contribution in [2.75, 3.05) is 45.9 Å². The number of ether oxygens (including phenoxy) is 2. The van der Waals surface area contributed by atoms with Gasteiger partial charge in [-0.1, -0.05) is 12.1 Å². The van der Waals surface area contributed by atoms with Gasteiger partial charge >= 0.3 is 6.61 Å². The number of rotatable bonds is 7. The number of benzene rings is 1. The Balaban J connectivity index is 1.92. The Labute approximate surface area is 134 Å². The summed E-state index contributed by atoms with van der Waals surface area (Å²) >= 11 is 0. The molecule has 1 saturated heterocycles. The van der Waals surface area contributed by atoms with Crippen LogP contribution >= 0.6 is 0 Å². The first-order chi connectivity index (χ1) is 11.1. The summed E-state index contributed by atoms with van der Waals surface area (Å²) in [4.78, 5) is 16.4. The predicted molar refractivity (Wildman–Crippen MR) is 81.9 cm³/mol. The molecule has 7 heteroatoms. The van der Waals surface area contributed by atoms with E-state index in [1.807, 2.05) is 6.92 Å². The van der Waals surface area contributed by atoms with Gasteiger partial charge in [0.2, 0.25) is 0 Å². The van der Waals surface area contributed by atoms with Crippen LogP contribution in [0.2, 0.25) is 0 Å². The quantitative estimate of drug-likeness (QED) is 0.719. The smallest absolute Gasteiger partial charge is 0.387 e. The normalized spacial score (nSPS) is 15.9. The van der Waals surface area contributed by atoms with Crippen LogP contribution in [0.15, 0.2) is 24.3 Å². The fourth-order valence-corrected chi connectivity index (χ4v) is 2.52. The molecular formula is C16H22F2N2O3. The first kappa shape index (κ1) is 17.6. The van der Waals surface area contributed by atoms with Gasteiger partial charge in [0.15, 0.2) is 0 Å². The van der Waals surface area contributed by atoms with E-state index in [2.05, 4.69) is 9.64 Å². The molecule has 1 fully saturated rings. The minimum atomic E-state index is -2.95. The van der Waals surface area contributed by atoms with Gasteiger partial charge in [-0.15, -0.1) is 0 Å². The molecule has 1 heterocycles. The third-order valence-corrected chi connectivity index (χ3v) is 3.75. The van der Waals surface area contributed by atoms with Crippen molar-refractivity contribution in [1.29, 1.82) is 0 Å². The molecule has 1 aromatic rings. The second-order valence-corrected chi connectivity index (χ2v) is 5.21. The van der Waals surface area contributed by atoms with Gasteiger partial charge in [-0.2, -0.15) is 8.78 Å². The zero-order valence-corrected chi connectivity index (χ0v) is 13.2. The minimum absolute atomic E-state index is 0.0775. The van der Waals surface area contributed by atoms with Crippen LogP contribution < -0.4 is 4.74 Å². The van der Waals surface area contributed by atoms with E-state index in [1.165, 1.54) is 12.1 Å². The molecule has 1 aliphatic rings. The zero-order chi connectivity index (χ0) is 16.7. The topological polar surface area (TPSA) is 42.0 Å². The number of hydrogen-bond acceptors (Lipinski definition) is 4. The first-order valence-electron chi connectivity index (χ1n) is 7.75. The van der Waals surface area contributed by atoms with E-state index >= 15 is 0 Å². The highest BCUT2D eigenvalue weighted by Crippen LogP contribution is 2.22. The standard InChI is InChI=1S/C16H22F2N2O3/c1-2-22-12-11-19-7-9-20(10-8-19)15(21)13-5-3-4-6-14(13)23-16(17)18/h3-6,16H,2,7-12H2,1H3. The van der Waals surface area contributed by atoms with Crippen LogP contribution in [-0.4, -0.2) is 68.3 Å². The van der Waals surface area contributed by atoms with E-state index in [1.54, 1.807) is 17.0 Å². The number of hydrogen-bond donors (Lipinski definition) is 0. The number of para-hydroxylation sites is 1. The fraction of sp³-hybridized carbons (Fsp3) is 0.562. The molecule has 2 rings (SSSR count). The Hall–Kier alpha value is -1.73. The number of alkyl halides is 2. The molecule has 0 aliphatic carbocycles. The molecule has 0 unspecified atom stereocenters. The average molecular weight is 328 g/mol. The Morgan fingerprint density at radius 2 is 1.91 bits per heavy atom. The molecule has 0 spiro atoms. The second-order valence-electron chi connectivity index (χ2n) is 5.21. The number of amides is 1. The molecule has 1 aromatic carbocycles. The van der Waals surface area contributed by atoms with Crippen LogP contribution in [-0.2, 0) is 4.74 Å². The zero-order valence-electron chi connectivity index (χ0n) is 13.2. The number of nitrogens with zero attached hydrogens (tertiary/aromatic N) is 2. The maximum absolute atomic E-state index is 12.5. The Kier molecular flexibility index (Phi) is 6.73. The van der Waals surface area contributed by atoms with E-state index in [0.29, 0.717) is 26.3 Å². The van der Waals surface area contributed by atoms with E-state index in [9.17, 15) is 13.6 Å². The first-order valence-corrected chi connectivity index (χ1v) is 7.75. The Bertz CT molecular complexity index is 506. The van der Waals surface area contributed by atoms with Crippen LogP contribution in [0.3, 0.4) is 0 Å². The molecule has 0 N–H and O–H groups in total. The SMILES string of the molecule is CCOCCN1CCN(C(=O)c2ccccc2OC(F)F)CC1. The lowest BCUT2D eigenvalue weighted by Crippen LogP contribution is -2.49. The van der Waals surface area contributed by atoms with E-state index in [0.717, 1.165) is 19.6 Å². The summed E-state index contributed by atoms with van der Waals surface area (Å²) in [5.41, 5.74) is 0.176. The molecule has 1 amide bonds. The maximum atomic E-state index is 12.5. The third kappa shape index (κ3) is 5.14. The van der Waals surface area contributed by atoms with Crippen molar-refractivity contribution in [2.45, 2.75) is 13.5 Å². The van der Waals surface area contributed by atoms with Crippen molar-refractivity contribution >= 4 is 5.91 Å². The summed E-state index contributed by atoms with van der Waals surface area (Å²) in [6.45, 7) is 3.83. The molecule has 1 aliphatic heterocycles. The summed E-state index contributed by atoms with van der Waals surface area (Å²) in [7, 11) is 0. The van der Waals surface area contributed by atoms with E-state index in [4.69, 9.17) is 4.74 Å². The summed E-state index contributed by atoms with van der Waals surface area (Å²) < 4.78 is 34.6. The van der Waals surface area contributed by atoms with Crippen molar-refractivity contribution in [2.24, 2.45) is 0 Å². The van der Waals surface area contributed by atoms with Gasteiger partial charge in [0.25, 0.3) is 5.91 Å². The van der Waals surface area contributed by atoms with E-state index < -0.39 is 6.61 Å². The van der Waals surface area contributed by atoms with Gasteiger partial charge in [0, 0.05) is 39.3 Å². The minimum Gasteiger partial charge on any atom is -0.434 e. The fourth-order valence-electron chi connectivity index (χ4n) is 2.52. The number of carbonyl (C=O) groups excluding carboxylic acids is 1. The molecule has 128 valence electrons. The van der Waals surface area contributed by atoms with Crippen molar-refractivity contribution in [1.82, 2.24) is 9.80 Å². The van der Waals surface area contributed by atoms with Crippen LogP contribution in [0, 0.1) is 0 Å². The largest absolute Gasteiger partial charge is 0.434 e. The molecular weight excluding hydrogens is 306 g/mol. The number of halogens is 2. The van der Waals surface area contributed by atoms with Crippen LogP contribution in [0.1, 0.15) is 17.3 Å². The van der Waals surface area contributed by atoms with Crippen LogP contribution in [0.25, 0.3) is 0 Å². The number of carbonyl (C=O) groups is 1.